The van der Waals surface area contributed by atoms with Crippen molar-refractivity contribution in [1.82, 2.24) is 15.5 Å². The molecule has 1 fully saturated rings. The Labute approximate surface area is 201 Å². The Morgan fingerprint density at radius 3 is 2.42 bits per heavy atom. The molecule has 1 aliphatic carbocycles. The number of thiol groups is 1. The van der Waals surface area contributed by atoms with Crippen LogP contribution in [0.15, 0.2) is 24.3 Å². The van der Waals surface area contributed by atoms with Gasteiger partial charge in [0.25, 0.3) is 0 Å². The molecular weight excluding hydrogens is 442 g/mol. The number of phenols is 1. The van der Waals surface area contributed by atoms with Crippen LogP contribution >= 0.6 is 12.6 Å². The summed E-state index contributed by atoms with van der Waals surface area (Å²) in [7, 11) is 0. The van der Waals surface area contributed by atoms with Gasteiger partial charge < -0.3 is 25.4 Å². The Kier molecular flexibility index (Phi) is 9.88. The van der Waals surface area contributed by atoms with E-state index in [-0.39, 0.29) is 23.5 Å². The second-order valence-electron chi connectivity index (χ2n) is 9.32. The van der Waals surface area contributed by atoms with Crippen LogP contribution < -0.4 is 10.6 Å². The third-order valence-electron chi connectivity index (χ3n) is 5.48. The van der Waals surface area contributed by atoms with E-state index in [0.29, 0.717) is 12.1 Å². The van der Waals surface area contributed by atoms with Gasteiger partial charge in [0, 0.05) is 23.9 Å². The van der Waals surface area contributed by atoms with Gasteiger partial charge in [-0.15, -0.1) is 0 Å². The zero-order valence-corrected chi connectivity index (χ0v) is 20.9. The molecule has 1 saturated carbocycles. The SMILES string of the molecule is CCCCNC(=O)C(c1ccccc1O)N(C(=O)C(CS)NC(=O)OC(C)(C)C)C1CCC1. The monoisotopic (exact) mass is 479 g/mol. The fourth-order valence-electron chi connectivity index (χ4n) is 3.62. The van der Waals surface area contributed by atoms with E-state index in [4.69, 9.17) is 4.74 Å². The lowest BCUT2D eigenvalue weighted by Crippen LogP contribution is -2.58. The van der Waals surface area contributed by atoms with Crippen LogP contribution in [0, 0.1) is 0 Å². The van der Waals surface area contributed by atoms with Crippen molar-refractivity contribution < 1.29 is 24.2 Å². The number of hydrogen-bond donors (Lipinski definition) is 4. The number of para-hydroxylation sites is 1. The van der Waals surface area contributed by atoms with Crippen molar-refractivity contribution in [2.24, 2.45) is 0 Å². The van der Waals surface area contributed by atoms with Gasteiger partial charge in [-0.1, -0.05) is 31.5 Å². The molecular formula is C24H37N3O5S. The third kappa shape index (κ3) is 7.55. The molecule has 2 atom stereocenters. The molecule has 0 heterocycles. The molecule has 184 valence electrons. The summed E-state index contributed by atoms with van der Waals surface area (Å²) < 4.78 is 5.30. The van der Waals surface area contributed by atoms with Gasteiger partial charge in [-0.25, -0.2) is 4.79 Å². The van der Waals surface area contributed by atoms with Crippen LogP contribution in [-0.2, 0) is 14.3 Å². The Morgan fingerprint density at radius 1 is 1.24 bits per heavy atom. The van der Waals surface area contributed by atoms with Crippen LogP contribution in [0.3, 0.4) is 0 Å². The number of aromatic hydroxyl groups is 1. The lowest BCUT2D eigenvalue weighted by Gasteiger charge is -2.43. The number of nitrogens with one attached hydrogen (secondary N) is 2. The lowest BCUT2D eigenvalue weighted by atomic mass is 9.88. The van der Waals surface area contributed by atoms with Crippen molar-refractivity contribution >= 4 is 30.5 Å². The van der Waals surface area contributed by atoms with Gasteiger partial charge in [0.15, 0.2) is 0 Å². The summed E-state index contributed by atoms with van der Waals surface area (Å²) in [5.41, 5.74) is -0.374. The van der Waals surface area contributed by atoms with Crippen molar-refractivity contribution in [2.45, 2.75) is 83.5 Å². The highest BCUT2D eigenvalue weighted by Crippen LogP contribution is 2.36. The molecule has 2 rings (SSSR count). The highest BCUT2D eigenvalue weighted by atomic mass is 32.1. The van der Waals surface area contributed by atoms with Gasteiger partial charge in [-0.05, 0) is 52.5 Å². The molecule has 1 aromatic rings. The van der Waals surface area contributed by atoms with Gasteiger partial charge in [0.1, 0.15) is 23.4 Å². The van der Waals surface area contributed by atoms with Crippen LogP contribution in [0.25, 0.3) is 0 Å². The molecule has 0 aromatic heterocycles. The summed E-state index contributed by atoms with van der Waals surface area (Å²) in [5, 5.41) is 16.0. The summed E-state index contributed by atoms with van der Waals surface area (Å²) in [4.78, 5) is 40.9. The van der Waals surface area contributed by atoms with E-state index in [9.17, 15) is 19.5 Å². The van der Waals surface area contributed by atoms with E-state index >= 15 is 0 Å². The largest absolute Gasteiger partial charge is 0.508 e. The van der Waals surface area contributed by atoms with E-state index in [2.05, 4.69) is 23.3 Å². The van der Waals surface area contributed by atoms with E-state index in [1.807, 2.05) is 6.92 Å². The molecule has 0 saturated heterocycles. The quantitative estimate of drug-likeness (QED) is 0.303. The van der Waals surface area contributed by atoms with Crippen LogP contribution in [0.1, 0.15) is 71.4 Å². The van der Waals surface area contributed by atoms with Crippen molar-refractivity contribution in [3.8, 4) is 5.75 Å². The predicted molar refractivity (Wildman–Crippen MR) is 130 cm³/mol. The smallest absolute Gasteiger partial charge is 0.408 e. The van der Waals surface area contributed by atoms with E-state index in [1.54, 1.807) is 39.0 Å². The fourth-order valence-corrected chi connectivity index (χ4v) is 3.87. The molecule has 9 heteroatoms. The number of hydrogen-bond acceptors (Lipinski definition) is 6. The number of unbranched alkanes of at least 4 members (excludes halogenated alkanes) is 1. The number of phenolic OH excluding ortho intramolecular Hbond substituents is 1. The molecule has 1 aromatic carbocycles. The summed E-state index contributed by atoms with van der Waals surface area (Å²) in [6, 6.07) is 4.35. The molecule has 2 unspecified atom stereocenters. The number of nitrogens with zero attached hydrogens (tertiary/aromatic N) is 1. The van der Waals surface area contributed by atoms with Crippen molar-refractivity contribution in [2.75, 3.05) is 12.3 Å². The minimum Gasteiger partial charge on any atom is -0.508 e. The van der Waals surface area contributed by atoms with Gasteiger partial charge >= 0.3 is 6.09 Å². The van der Waals surface area contributed by atoms with E-state index < -0.39 is 29.7 Å². The van der Waals surface area contributed by atoms with Gasteiger partial charge in [-0.2, -0.15) is 12.6 Å². The molecule has 3 amide bonds. The molecule has 0 bridgehead atoms. The van der Waals surface area contributed by atoms with Crippen molar-refractivity contribution in [3.05, 3.63) is 29.8 Å². The summed E-state index contributed by atoms with van der Waals surface area (Å²) >= 11 is 4.28. The number of alkyl carbamates (subject to hydrolysis) is 1. The Bertz CT molecular complexity index is 823. The number of carbonyl (C=O) groups excluding carboxylic acids is 3. The minimum absolute atomic E-state index is 0.0340. The Balaban J connectivity index is 2.39. The molecule has 0 radical (unpaired) electrons. The first-order valence-corrected chi connectivity index (χ1v) is 12.2. The standard InChI is InChI=1S/C24H37N3O5S/c1-5-6-14-25-21(29)20(17-12-7-8-13-19(17)28)27(16-10-9-11-16)22(30)18(15-33)26-23(31)32-24(2,3)4/h7-8,12-13,16,18,20,28,33H,5-6,9-11,14-15H2,1-4H3,(H,25,29)(H,26,31). The number of rotatable bonds is 10. The van der Waals surface area contributed by atoms with Crippen LogP contribution in [0.5, 0.6) is 5.75 Å². The second-order valence-corrected chi connectivity index (χ2v) is 9.68. The molecule has 3 N–H and O–H groups in total. The van der Waals surface area contributed by atoms with E-state index in [1.165, 1.54) is 11.0 Å². The molecule has 1 aliphatic rings. The number of amides is 3. The minimum atomic E-state index is -1.02. The maximum Gasteiger partial charge on any atom is 0.408 e. The Hall–Kier alpha value is -2.42. The molecule has 33 heavy (non-hydrogen) atoms. The van der Waals surface area contributed by atoms with Gasteiger partial charge in [0.05, 0.1) is 0 Å². The summed E-state index contributed by atoms with van der Waals surface area (Å²) in [6.45, 7) is 7.70. The maximum absolute atomic E-state index is 13.7. The lowest BCUT2D eigenvalue weighted by molar-refractivity contribution is -0.147. The van der Waals surface area contributed by atoms with Gasteiger partial charge in [-0.3, -0.25) is 9.59 Å². The zero-order valence-electron chi connectivity index (χ0n) is 20.0. The number of carbonyl (C=O) groups is 3. The van der Waals surface area contributed by atoms with Crippen LogP contribution in [0.2, 0.25) is 0 Å². The highest BCUT2D eigenvalue weighted by Gasteiger charge is 2.42. The zero-order chi connectivity index (χ0) is 24.6. The fraction of sp³-hybridized carbons (Fsp3) is 0.625. The first kappa shape index (κ1) is 26.8. The van der Waals surface area contributed by atoms with E-state index in [0.717, 1.165) is 32.1 Å². The third-order valence-corrected chi connectivity index (χ3v) is 5.85. The average Bonchev–Trinajstić information content (AvgIpc) is 2.70. The van der Waals surface area contributed by atoms with Crippen molar-refractivity contribution in [3.63, 3.8) is 0 Å². The average molecular weight is 480 g/mol. The maximum atomic E-state index is 13.7. The summed E-state index contributed by atoms with van der Waals surface area (Å²) in [6.07, 6.45) is 3.40. The first-order valence-electron chi connectivity index (χ1n) is 11.6. The number of benzene rings is 1. The van der Waals surface area contributed by atoms with Crippen molar-refractivity contribution in [1.29, 1.82) is 0 Å². The first-order chi connectivity index (χ1) is 15.6. The molecule has 0 spiro atoms. The Morgan fingerprint density at radius 2 is 1.91 bits per heavy atom. The second kappa shape index (κ2) is 12.2. The van der Waals surface area contributed by atoms with Gasteiger partial charge in [0.2, 0.25) is 11.8 Å². The topological polar surface area (TPSA) is 108 Å². The van der Waals surface area contributed by atoms with Crippen LogP contribution in [0.4, 0.5) is 4.79 Å². The normalized spacial score (nSPS) is 15.7. The summed E-state index contributed by atoms with van der Waals surface area (Å²) in [5.74, 6) is -0.820. The van der Waals surface area contributed by atoms with Crippen LogP contribution in [-0.4, -0.2) is 57.9 Å². The number of ether oxygens (including phenoxy) is 1. The highest BCUT2D eigenvalue weighted by molar-refractivity contribution is 7.80. The predicted octanol–water partition coefficient (Wildman–Crippen LogP) is 3.55. The molecule has 8 nitrogen and oxygen atoms in total. The molecule has 0 aliphatic heterocycles.